The van der Waals surface area contributed by atoms with E-state index in [9.17, 15) is 18.0 Å². The van der Waals surface area contributed by atoms with E-state index in [0.717, 1.165) is 5.56 Å². The number of imide groups is 1. The molecule has 13 heteroatoms. The van der Waals surface area contributed by atoms with Crippen molar-refractivity contribution < 1.29 is 50.6 Å². The first-order valence-corrected chi connectivity index (χ1v) is 15.2. The lowest BCUT2D eigenvalue weighted by Gasteiger charge is -2.13. The average molecular weight is 610 g/mol. The first-order valence-electron chi connectivity index (χ1n) is 13.8. The highest BCUT2D eigenvalue weighted by Gasteiger charge is 2.34. The van der Waals surface area contributed by atoms with Crippen LogP contribution < -0.4 is 0 Å². The Balaban J connectivity index is 1.02. The van der Waals surface area contributed by atoms with E-state index < -0.39 is 10.1 Å². The van der Waals surface area contributed by atoms with E-state index in [4.69, 9.17) is 32.6 Å². The summed E-state index contributed by atoms with van der Waals surface area (Å²) in [5, 5.41) is 0. The third kappa shape index (κ3) is 11.5. The Bertz CT molecular complexity index is 1170. The van der Waals surface area contributed by atoms with Crippen molar-refractivity contribution >= 4 is 21.9 Å². The minimum Gasteiger partial charge on any atom is -0.377 e. The molecule has 0 bridgehead atoms. The first kappa shape index (κ1) is 33.7. The summed E-state index contributed by atoms with van der Waals surface area (Å²) in [6, 6.07) is 13.2. The van der Waals surface area contributed by atoms with Crippen LogP contribution in [0, 0.1) is 6.92 Å². The van der Waals surface area contributed by atoms with Gasteiger partial charge in [-0.3, -0.25) is 18.7 Å². The van der Waals surface area contributed by atoms with Crippen LogP contribution in [0.4, 0.5) is 0 Å². The highest BCUT2D eigenvalue weighted by molar-refractivity contribution is 7.86. The Morgan fingerprint density at radius 2 is 0.929 bits per heavy atom. The monoisotopic (exact) mass is 609 g/mol. The van der Waals surface area contributed by atoms with E-state index >= 15 is 0 Å². The van der Waals surface area contributed by atoms with E-state index in [2.05, 4.69) is 0 Å². The fourth-order valence-electron chi connectivity index (χ4n) is 3.78. The van der Waals surface area contributed by atoms with Gasteiger partial charge in [-0.1, -0.05) is 29.8 Å². The van der Waals surface area contributed by atoms with Gasteiger partial charge in [-0.2, -0.15) is 8.42 Å². The molecule has 1 aliphatic rings. The molecule has 0 fully saturated rings. The Kier molecular flexibility index (Phi) is 15.0. The average Bonchev–Trinajstić information content (AvgIpc) is 3.23. The molecule has 12 nitrogen and oxygen atoms in total. The van der Waals surface area contributed by atoms with Crippen molar-refractivity contribution in [2.24, 2.45) is 0 Å². The molecule has 0 atom stereocenters. The van der Waals surface area contributed by atoms with E-state index in [1.165, 1.54) is 17.0 Å². The fourth-order valence-corrected chi connectivity index (χ4v) is 4.67. The quantitative estimate of drug-likeness (QED) is 0.104. The molecule has 0 saturated carbocycles. The molecular weight excluding hydrogens is 570 g/mol. The zero-order valence-electron chi connectivity index (χ0n) is 23.9. The molecule has 1 aliphatic heterocycles. The number of hydrogen-bond donors (Lipinski definition) is 0. The van der Waals surface area contributed by atoms with Crippen LogP contribution in [-0.4, -0.2) is 118 Å². The van der Waals surface area contributed by atoms with Crippen molar-refractivity contribution in [2.75, 3.05) is 92.4 Å². The summed E-state index contributed by atoms with van der Waals surface area (Å²) in [6.07, 6.45) is 0. The summed E-state index contributed by atoms with van der Waals surface area (Å²) in [4.78, 5) is 25.9. The largest absolute Gasteiger partial charge is 0.377 e. The molecule has 0 aliphatic carbocycles. The van der Waals surface area contributed by atoms with Gasteiger partial charge in [0.2, 0.25) is 0 Å². The molecule has 2 aromatic rings. The van der Waals surface area contributed by atoms with Gasteiger partial charge < -0.3 is 28.4 Å². The Hall–Kier alpha value is -2.75. The summed E-state index contributed by atoms with van der Waals surface area (Å²) in [7, 11) is -3.78. The minimum atomic E-state index is -3.78. The zero-order valence-corrected chi connectivity index (χ0v) is 24.7. The van der Waals surface area contributed by atoms with Crippen molar-refractivity contribution in [1.29, 1.82) is 0 Å². The summed E-state index contributed by atoms with van der Waals surface area (Å²) < 4.78 is 61.6. The number of fused-ring (bicyclic) bond motifs is 1. The molecule has 232 valence electrons. The normalized spacial score (nSPS) is 13.2. The lowest BCUT2D eigenvalue weighted by molar-refractivity contribution is -0.0181. The summed E-state index contributed by atoms with van der Waals surface area (Å²) >= 11 is 0. The zero-order chi connectivity index (χ0) is 30.0. The number of carbonyl (C=O) groups is 2. The van der Waals surface area contributed by atoms with Gasteiger partial charge in [-0.05, 0) is 31.2 Å². The summed E-state index contributed by atoms with van der Waals surface area (Å²) in [5.74, 6) is -0.577. The third-order valence-electron chi connectivity index (χ3n) is 5.97. The second-order valence-corrected chi connectivity index (χ2v) is 10.7. The second kappa shape index (κ2) is 18.7. The number of rotatable bonds is 23. The molecular formula is C29H39NO11S. The van der Waals surface area contributed by atoms with Gasteiger partial charge in [-0.25, -0.2) is 0 Å². The maximum Gasteiger partial charge on any atom is 0.297 e. The molecule has 2 amide bonds. The Labute approximate surface area is 246 Å². The van der Waals surface area contributed by atoms with Gasteiger partial charge in [0.1, 0.15) is 0 Å². The number of carbonyl (C=O) groups excluding carboxylic acids is 2. The van der Waals surface area contributed by atoms with Crippen LogP contribution in [0.1, 0.15) is 26.3 Å². The number of nitrogens with zero attached hydrogens (tertiary/aromatic N) is 1. The van der Waals surface area contributed by atoms with Crippen molar-refractivity contribution in [3.63, 3.8) is 0 Å². The first-order chi connectivity index (χ1) is 20.4. The number of benzene rings is 2. The van der Waals surface area contributed by atoms with Crippen molar-refractivity contribution in [2.45, 2.75) is 11.8 Å². The van der Waals surface area contributed by atoms with Crippen LogP contribution in [0.2, 0.25) is 0 Å². The molecule has 0 unspecified atom stereocenters. The number of hydrogen-bond acceptors (Lipinski definition) is 11. The van der Waals surface area contributed by atoms with E-state index in [-0.39, 0.29) is 43.1 Å². The van der Waals surface area contributed by atoms with Crippen molar-refractivity contribution in [3.05, 3.63) is 65.2 Å². The second-order valence-electron chi connectivity index (χ2n) is 9.07. The third-order valence-corrected chi connectivity index (χ3v) is 7.30. The Morgan fingerprint density at radius 3 is 1.36 bits per heavy atom. The number of amides is 2. The minimum absolute atomic E-state index is 0.0701. The number of aryl methyl sites for hydroxylation is 1. The van der Waals surface area contributed by atoms with E-state index in [1.54, 1.807) is 36.4 Å². The SMILES string of the molecule is Cc1ccc(S(=O)(=O)OCCOCCOCCOCCOCCOCCOCCN2C(=O)c3ccccc3C2=O)cc1. The molecule has 0 saturated heterocycles. The van der Waals surface area contributed by atoms with Gasteiger partial charge >= 0.3 is 0 Å². The van der Waals surface area contributed by atoms with Crippen molar-refractivity contribution in [3.8, 4) is 0 Å². The predicted molar refractivity (Wildman–Crippen MR) is 151 cm³/mol. The number of ether oxygens (including phenoxy) is 6. The highest BCUT2D eigenvalue weighted by Crippen LogP contribution is 2.21. The topological polar surface area (TPSA) is 136 Å². The lowest BCUT2D eigenvalue weighted by atomic mass is 10.1. The van der Waals surface area contributed by atoms with Gasteiger partial charge in [-0.15, -0.1) is 0 Å². The molecule has 0 N–H and O–H groups in total. The summed E-state index contributed by atoms with van der Waals surface area (Å²) in [6.45, 7) is 6.28. The van der Waals surface area contributed by atoms with Gasteiger partial charge in [0.25, 0.3) is 21.9 Å². The van der Waals surface area contributed by atoms with Crippen molar-refractivity contribution in [1.82, 2.24) is 4.90 Å². The van der Waals surface area contributed by atoms with Gasteiger partial charge in [0.15, 0.2) is 0 Å². The molecule has 2 aromatic carbocycles. The van der Waals surface area contributed by atoms with Crippen LogP contribution >= 0.6 is 0 Å². The Morgan fingerprint density at radius 1 is 0.548 bits per heavy atom. The molecule has 3 rings (SSSR count). The predicted octanol–water partition coefficient (Wildman–Crippen LogP) is 2.10. The standard InChI is InChI=1S/C29H39NO11S/c1-24-6-8-25(9-7-24)42(33,34)41-23-22-40-21-20-39-19-18-38-17-16-37-15-14-36-13-12-35-11-10-30-28(31)26-4-2-3-5-27(26)29(30)32/h2-9H,10-23H2,1H3. The fraction of sp³-hybridized carbons (Fsp3) is 0.517. The summed E-state index contributed by atoms with van der Waals surface area (Å²) in [5.41, 5.74) is 1.83. The maximum atomic E-state index is 12.3. The smallest absolute Gasteiger partial charge is 0.297 e. The molecule has 0 spiro atoms. The van der Waals surface area contributed by atoms with Crippen LogP contribution in [-0.2, 0) is 42.7 Å². The van der Waals surface area contributed by atoms with E-state index in [0.29, 0.717) is 77.2 Å². The van der Waals surface area contributed by atoms with Crippen LogP contribution in [0.15, 0.2) is 53.4 Å². The van der Waals surface area contributed by atoms with Gasteiger partial charge in [0, 0.05) is 0 Å². The molecule has 1 heterocycles. The highest BCUT2D eigenvalue weighted by atomic mass is 32.2. The van der Waals surface area contributed by atoms with Gasteiger partial charge in [0.05, 0.1) is 108 Å². The van der Waals surface area contributed by atoms with Crippen LogP contribution in [0.3, 0.4) is 0 Å². The molecule has 0 radical (unpaired) electrons. The maximum absolute atomic E-state index is 12.3. The van der Waals surface area contributed by atoms with Crippen LogP contribution in [0.5, 0.6) is 0 Å². The lowest BCUT2D eigenvalue weighted by Crippen LogP contribution is -2.33. The molecule has 0 aromatic heterocycles. The molecule has 42 heavy (non-hydrogen) atoms. The van der Waals surface area contributed by atoms with Crippen LogP contribution in [0.25, 0.3) is 0 Å². The van der Waals surface area contributed by atoms with E-state index in [1.807, 2.05) is 6.92 Å².